The van der Waals surface area contributed by atoms with E-state index in [9.17, 15) is 29.9 Å². The summed E-state index contributed by atoms with van der Waals surface area (Å²) in [7, 11) is 0. The van der Waals surface area contributed by atoms with E-state index in [2.05, 4.69) is 5.10 Å². The van der Waals surface area contributed by atoms with Gasteiger partial charge in [0.15, 0.2) is 5.75 Å². The molecule has 9 nitrogen and oxygen atoms in total. The average molecular weight is 343 g/mol. The number of allylic oxidation sites excluding steroid dienone is 2. The van der Waals surface area contributed by atoms with Gasteiger partial charge in [-0.1, -0.05) is 12.2 Å². The molecule has 1 aromatic carbocycles. The quantitative estimate of drug-likeness (QED) is 0.278. The standard InChI is InChI=1S/C16H13N3O6/c20-11-5-12(21)10(19(24)25)4-9(11)6-17-18-15(22)13-7-1-2-8(3-7)14(13)16(18)23/h1-2,4-8,13-14,20-21H,3H2/b17-6-/t7-,8-,13+,14+/m0/s1. The lowest BCUT2D eigenvalue weighted by Crippen LogP contribution is -2.28. The summed E-state index contributed by atoms with van der Waals surface area (Å²) >= 11 is 0. The van der Waals surface area contributed by atoms with Crippen molar-refractivity contribution >= 4 is 23.7 Å². The van der Waals surface area contributed by atoms with Crippen LogP contribution in [-0.4, -0.2) is 38.2 Å². The number of carbonyl (C=O) groups is 2. The fourth-order valence-corrected chi connectivity index (χ4v) is 3.95. The van der Waals surface area contributed by atoms with Crippen molar-refractivity contribution in [3.8, 4) is 11.5 Å². The molecule has 9 heteroatoms. The highest BCUT2D eigenvalue weighted by molar-refractivity contribution is 6.07. The normalized spacial score (nSPS) is 29.8. The van der Waals surface area contributed by atoms with E-state index in [1.165, 1.54) is 0 Å². The van der Waals surface area contributed by atoms with Gasteiger partial charge in [-0.3, -0.25) is 19.7 Å². The zero-order chi connectivity index (χ0) is 17.9. The van der Waals surface area contributed by atoms with Gasteiger partial charge >= 0.3 is 5.69 Å². The van der Waals surface area contributed by atoms with Crippen LogP contribution in [0.4, 0.5) is 5.69 Å². The van der Waals surface area contributed by atoms with E-state index in [-0.39, 0.29) is 17.4 Å². The van der Waals surface area contributed by atoms with E-state index in [0.717, 1.165) is 29.8 Å². The molecule has 2 N–H and O–H groups in total. The van der Waals surface area contributed by atoms with Crippen LogP contribution in [0.2, 0.25) is 0 Å². The summed E-state index contributed by atoms with van der Waals surface area (Å²) in [6.07, 6.45) is 5.72. The number of imide groups is 1. The van der Waals surface area contributed by atoms with Crippen LogP contribution in [-0.2, 0) is 9.59 Å². The Hall–Kier alpha value is -3.23. The molecule has 2 aliphatic carbocycles. The maximum Gasteiger partial charge on any atom is 0.311 e. The molecule has 2 fully saturated rings. The largest absolute Gasteiger partial charge is 0.507 e. The maximum absolute atomic E-state index is 12.5. The molecule has 0 radical (unpaired) electrons. The van der Waals surface area contributed by atoms with Crippen molar-refractivity contribution in [2.45, 2.75) is 6.42 Å². The maximum atomic E-state index is 12.5. The molecule has 1 saturated carbocycles. The average Bonchev–Trinajstić information content (AvgIpc) is 3.22. The number of nitrogens with zero attached hydrogens (tertiary/aromatic N) is 3. The Balaban J connectivity index is 1.63. The van der Waals surface area contributed by atoms with Gasteiger partial charge in [0.1, 0.15) is 5.75 Å². The lowest BCUT2D eigenvalue weighted by Gasteiger charge is -2.13. The third-order valence-electron chi connectivity index (χ3n) is 5.08. The topological polar surface area (TPSA) is 133 Å². The van der Waals surface area contributed by atoms with E-state index >= 15 is 0 Å². The van der Waals surface area contributed by atoms with Gasteiger partial charge in [0.05, 0.1) is 23.0 Å². The highest BCUT2D eigenvalue weighted by atomic mass is 16.6. The van der Waals surface area contributed by atoms with Crippen LogP contribution in [0.3, 0.4) is 0 Å². The fourth-order valence-electron chi connectivity index (χ4n) is 3.95. The van der Waals surface area contributed by atoms with Gasteiger partial charge in [-0.25, -0.2) is 0 Å². The SMILES string of the molecule is O=C1[C@H]2[C@H](C(=O)N1/N=C\c1cc([N+](=O)[O-])c(O)cc1O)[C@H]1C=C[C@H]2C1. The van der Waals surface area contributed by atoms with E-state index in [1.807, 2.05) is 12.2 Å². The lowest BCUT2D eigenvalue weighted by molar-refractivity contribution is -0.385. The second-order valence-corrected chi connectivity index (χ2v) is 6.39. The Bertz CT molecular complexity index is 847. The highest BCUT2D eigenvalue weighted by Gasteiger charge is 2.59. The number of hydrogen-bond donors (Lipinski definition) is 2. The Morgan fingerprint density at radius 2 is 1.72 bits per heavy atom. The molecular weight excluding hydrogens is 330 g/mol. The molecule has 2 amide bonds. The van der Waals surface area contributed by atoms with Crippen LogP contribution in [0.1, 0.15) is 12.0 Å². The van der Waals surface area contributed by atoms with E-state index in [0.29, 0.717) is 0 Å². The Kier molecular flexibility index (Phi) is 3.14. The number of carbonyl (C=O) groups excluding carboxylic acids is 2. The first-order chi connectivity index (χ1) is 11.9. The molecule has 128 valence electrons. The predicted molar refractivity (Wildman–Crippen MR) is 83.6 cm³/mol. The molecule has 1 saturated heterocycles. The van der Waals surface area contributed by atoms with Crippen LogP contribution in [0.25, 0.3) is 0 Å². The monoisotopic (exact) mass is 343 g/mol. The number of phenolic OH excluding ortho intramolecular Hbond substituents is 2. The molecule has 4 atom stereocenters. The number of benzene rings is 1. The summed E-state index contributed by atoms with van der Waals surface area (Å²) < 4.78 is 0. The minimum atomic E-state index is -0.813. The number of nitro groups is 1. The number of rotatable bonds is 3. The van der Waals surface area contributed by atoms with E-state index in [4.69, 9.17) is 0 Å². The summed E-state index contributed by atoms with van der Waals surface area (Å²) in [5, 5.41) is 34.7. The Morgan fingerprint density at radius 3 is 2.28 bits per heavy atom. The van der Waals surface area contributed by atoms with Crippen molar-refractivity contribution in [3.05, 3.63) is 40.0 Å². The number of nitro benzene ring substituents is 1. The molecule has 25 heavy (non-hydrogen) atoms. The first kappa shape index (κ1) is 15.3. The number of hydrogen-bond acceptors (Lipinski definition) is 7. The summed E-state index contributed by atoms with van der Waals surface area (Å²) in [4.78, 5) is 35.0. The van der Waals surface area contributed by atoms with Crippen molar-refractivity contribution in [3.63, 3.8) is 0 Å². The second-order valence-electron chi connectivity index (χ2n) is 6.39. The highest BCUT2D eigenvalue weighted by Crippen LogP contribution is 2.52. The molecule has 0 spiro atoms. The van der Waals surface area contributed by atoms with Crippen LogP contribution in [0, 0.1) is 33.8 Å². The summed E-state index contributed by atoms with van der Waals surface area (Å²) in [5.74, 6) is -2.63. The van der Waals surface area contributed by atoms with Crippen molar-refractivity contribution in [2.24, 2.45) is 28.8 Å². The van der Waals surface area contributed by atoms with Gasteiger partial charge in [-0.15, -0.1) is 0 Å². The molecule has 1 aliphatic heterocycles. The Labute approximate surface area is 141 Å². The molecule has 1 aromatic rings. The van der Waals surface area contributed by atoms with E-state index < -0.39 is 45.8 Å². The molecule has 0 aromatic heterocycles. The number of hydrazone groups is 1. The van der Waals surface area contributed by atoms with Crippen molar-refractivity contribution in [2.75, 3.05) is 0 Å². The Morgan fingerprint density at radius 1 is 1.12 bits per heavy atom. The first-order valence-electron chi connectivity index (χ1n) is 7.69. The number of fused-ring (bicyclic) bond motifs is 5. The zero-order valence-electron chi connectivity index (χ0n) is 12.8. The van der Waals surface area contributed by atoms with Gasteiger partial charge < -0.3 is 10.2 Å². The van der Waals surface area contributed by atoms with Crippen LogP contribution >= 0.6 is 0 Å². The fraction of sp³-hybridized carbons (Fsp3) is 0.312. The van der Waals surface area contributed by atoms with E-state index in [1.54, 1.807) is 0 Å². The predicted octanol–water partition coefficient (Wildman–Crippen LogP) is 1.15. The molecule has 3 aliphatic rings. The zero-order valence-corrected chi connectivity index (χ0v) is 12.8. The van der Waals surface area contributed by atoms with Gasteiger partial charge in [0, 0.05) is 17.7 Å². The molecule has 0 unspecified atom stereocenters. The smallest absolute Gasteiger partial charge is 0.311 e. The van der Waals surface area contributed by atoms with Gasteiger partial charge in [-0.2, -0.15) is 10.1 Å². The molecule has 2 bridgehead atoms. The van der Waals surface area contributed by atoms with Crippen molar-refractivity contribution in [1.82, 2.24) is 5.01 Å². The third kappa shape index (κ3) is 2.12. The minimum Gasteiger partial charge on any atom is -0.507 e. The van der Waals surface area contributed by atoms with Gasteiger partial charge in [-0.05, 0) is 18.3 Å². The van der Waals surface area contributed by atoms with Crippen molar-refractivity contribution < 1.29 is 24.7 Å². The molecule has 4 rings (SSSR count). The van der Waals surface area contributed by atoms with Crippen molar-refractivity contribution in [1.29, 1.82) is 0 Å². The summed E-state index contributed by atoms with van der Waals surface area (Å²) in [6, 6.07) is 1.73. The van der Waals surface area contributed by atoms with Crippen LogP contribution in [0.5, 0.6) is 11.5 Å². The van der Waals surface area contributed by atoms with Crippen LogP contribution in [0.15, 0.2) is 29.4 Å². The molecular formula is C16H13N3O6. The summed E-state index contributed by atoms with van der Waals surface area (Å²) in [6.45, 7) is 0. The van der Waals surface area contributed by atoms with Crippen LogP contribution < -0.4 is 0 Å². The third-order valence-corrected chi connectivity index (χ3v) is 5.08. The van der Waals surface area contributed by atoms with Gasteiger partial charge in [0.25, 0.3) is 11.8 Å². The first-order valence-corrected chi connectivity index (χ1v) is 7.69. The number of amides is 2. The minimum absolute atomic E-state index is 0.0508. The second kappa shape index (κ2) is 5.13. The summed E-state index contributed by atoms with van der Waals surface area (Å²) in [5.41, 5.74) is -0.694. The van der Waals surface area contributed by atoms with Gasteiger partial charge in [0.2, 0.25) is 0 Å². The number of phenols is 2. The molecule has 1 heterocycles. The lowest BCUT2D eigenvalue weighted by atomic mass is 9.85. The number of aromatic hydroxyl groups is 2.